The van der Waals surface area contributed by atoms with E-state index in [0.29, 0.717) is 5.56 Å². The molecule has 0 aliphatic rings. The van der Waals surface area contributed by atoms with Gasteiger partial charge in [-0.3, -0.25) is 4.79 Å². The fraction of sp³-hybridized carbons (Fsp3) is 0.125. The summed E-state index contributed by atoms with van der Waals surface area (Å²) < 4.78 is 27.9. The summed E-state index contributed by atoms with van der Waals surface area (Å²) in [5.41, 5.74) is 0.530. The lowest BCUT2D eigenvalue weighted by atomic mass is 10.1. The molecule has 2 aromatic rings. The monoisotopic (exact) mass is 416 g/mol. The maximum absolute atomic E-state index is 12.0. The number of anilines is 1. The third-order valence-electron chi connectivity index (χ3n) is 3.29. The van der Waals surface area contributed by atoms with E-state index in [-0.39, 0.29) is 26.2 Å². The van der Waals surface area contributed by atoms with Crippen LogP contribution in [-0.4, -0.2) is 26.9 Å². The summed E-state index contributed by atoms with van der Waals surface area (Å²) in [6.07, 6.45) is 0. The Labute approximate surface area is 160 Å². The SMILES string of the molecule is Cc1ccc(C(=O)OCC(=O)Nc2c(Cl)cccc2Cl)cc1S(N)(=O)=O. The van der Waals surface area contributed by atoms with Crippen LogP contribution in [0, 0.1) is 6.92 Å². The van der Waals surface area contributed by atoms with Crippen LogP contribution in [0.4, 0.5) is 5.69 Å². The van der Waals surface area contributed by atoms with Gasteiger partial charge in [-0.05, 0) is 36.8 Å². The second-order valence-electron chi connectivity index (χ2n) is 5.25. The van der Waals surface area contributed by atoms with E-state index in [9.17, 15) is 18.0 Å². The predicted octanol–water partition coefficient (Wildman–Crippen LogP) is 2.74. The zero-order chi connectivity index (χ0) is 19.5. The molecule has 0 radical (unpaired) electrons. The number of ether oxygens (including phenoxy) is 1. The van der Waals surface area contributed by atoms with Crippen molar-refractivity contribution in [2.24, 2.45) is 5.14 Å². The number of carbonyl (C=O) groups excluding carboxylic acids is 2. The molecule has 26 heavy (non-hydrogen) atoms. The minimum Gasteiger partial charge on any atom is -0.452 e. The standard InChI is InChI=1S/C16H14Cl2N2O5S/c1-9-5-6-10(7-13(9)26(19,23)24)16(22)25-8-14(21)20-15-11(17)3-2-4-12(15)18/h2-7H,8H2,1H3,(H,20,21)(H2,19,23,24). The normalized spacial score (nSPS) is 11.1. The molecule has 1 amide bonds. The predicted molar refractivity (Wildman–Crippen MR) is 97.9 cm³/mol. The number of hydrogen-bond donors (Lipinski definition) is 2. The Bertz CT molecular complexity index is 956. The molecule has 138 valence electrons. The fourth-order valence-corrected chi connectivity index (χ4v) is 3.34. The minimum atomic E-state index is -3.99. The Hall–Kier alpha value is -2.13. The molecule has 0 saturated heterocycles. The van der Waals surface area contributed by atoms with E-state index in [1.54, 1.807) is 6.07 Å². The second-order valence-corrected chi connectivity index (χ2v) is 7.59. The second kappa shape index (κ2) is 8.05. The Morgan fingerprint density at radius 3 is 2.35 bits per heavy atom. The zero-order valence-corrected chi connectivity index (χ0v) is 15.8. The Morgan fingerprint density at radius 1 is 1.15 bits per heavy atom. The molecule has 0 heterocycles. The Kier molecular flexibility index (Phi) is 6.25. The molecule has 0 bridgehead atoms. The van der Waals surface area contributed by atoms with Crippen molar-refractivity contribution < 1.29 is 22.7 Å². The highest BCUT2D eigenvalue weighted by molar-refractivity contribution is 7.89. The van der Waals surface area contributed by atoms with Gasteiger partial charge in [-0.25, -0.2) is 18.4 Å². The highest BCUT2D eigenvalue weighted by Crippen LogP contribution is 2.29. The molecular weight excluding hydrogens is 403 g/mol. The van der Waals surface area contributed by atoms with Gasteiger partial charge >= 0.3 is 5.97 Å². The van der Waals surface area contributed by atoms with Gasteiger partial charge in [0, 0.05) is 0 Å². The van der Waals surface area contributed by atoms with E-state index < -0.39 is 28.5 Å². The Morgan fingerprint density at radius 2 is 1.77 bits per heavy atom. The lowest BCUT2D eigenvalue weighted by Crippen LogP contribution is -2.21. The van der Waals surface area contributed by atoms with Gasteiger partial charge in [0.25, 0.3) is 5.91 Å². The number of halogens is 2. The highest BCUT2D eigenvalue weighted by Gasteiger charge is 2.17. The van der Waals surface area contributed by atoms with Crippen molar-refractivity contribution >= 4 is 50.8 Å². The van der Waals surface area contributed by atoms with Gasteiger partial charge in [0.15, 0.2) is 6.61 Å². The summed E-state index contributed by atoms with van der Waals surface area (Å²) in [4.78, 5) is 23.8. The van der Waals surface area contributed by atoms with Crippen LogP contribution in [0.2, 0.25) is 10.0 Å². The maximum atomic E-state index is 12.0. The van der Waals surface area contributed by atoms with Crippen LogP contribution in [0.1, 0.15) is 15.9 Å². The van der Waals surface area contributed by atoms with Gasteiger partial charge in [-0.15, -0.1) is 0 Å². The molecule has 0 atom stereocenters. The van der Waals surface area contributed by atoms with Crippen molar-refractivity contribution in [1.29, 1.82) is 0 Å². The molecule has 10 heteroatoms. The van der Waals surface area contributed by atoms with E-state index >= 15 is 0 Å². The molecule has 2 aromatic carbocycles. The largest absolute Gasteiger partial charge is 0.452 e. The number of nitrogens with one attached hydrogen (secondary N) is 1. The molecule has 0 saturated carbocycles. The van der Waals surface area contributed by atoms with Crippen molar-refractivity contribution in [3.63, 3.8) is 0 Å². The first-order chi connectivity index (χ1) is 12.1. The number of aryl methyl sites for hydroxylation is 1. The number of benzene rings is 2. The van der Waals surface area contributed by atoms with Crippen LogP contribution in [0.25, 0.3) is 0 Å². The van der Waals surface area contributed by atoms with Crippen LogP contribution in [0.3, 0.4) is 0 Å². The van der Waals surface area contributed by atoms with Gasteiger partial charge in [0.1, 0.15) is 0 Å². The number of amides is 1. The van der Waals surface area contributed by atoms with E-state index in [2.05, 4.69) is 5.32 Å². The van der Waals surface area contributed by atoms with Crippen molar-refractivity contribution in [3.8, 4) is 0 Å². The number of nitrogens with two attached hydrogens (primary N) is 1. The lowest BCUT2D eigenvalue weighted by molar-refractivity contribution is -0.119. The van der Waals surface area contributed by atoms with Crippen LogP contribution in [-0.2, 0) is 19.6 Å². The van der Waals surface area contributed by atoms with Crippen molar-refractivity contribution in [2.75, 3.05) is 11.9 Å². The topological polar surface area (TPSA) is 116 Å². The molecule has 3 N–H and O–H groups in total. The van der Waals surface area contributed by atoms with Crippen LogP contribution < -0.4 is 10.5 Å². The van der Waals surface area contributed by atoms with Crippen molar-refractivity contribution in [3.05, 3.63) is 57.6 Å². The fourth-order valence-electron chi connectivity index (χ4n) is 2.04. The summed E-state index contributed by atoms with van der Waals surface area (Å²) in [5, 5.41) is 7.99. The Balaban J connectivity index is 2.06. The third-order valence-corrected chi connectivity index (χ3v) is 4.97. The zero-order valence-electron chi connectivity index (χ0n) is 13.5. The summed E-state index contributed by atoms with van der Waals surface area (Å²) in [5.74, 6) is -1.54. The van der Waals surface area contributed by atoms with E-state index in [0.717, 1.165) is 6.07 Å². The first-order valence-electron chi connectivity index (χ1n) is 7.14. The summed E-state index contributed by atoms with van der Waals surface area (Å²) >= 11 is 11.9. The lowest BCUT2D eigenvalue weighted by Gasteiger charge is -2.10. The van der Waals surface area contributed by atoms with E-state index in [4.69, 9.17) is 33.1 Å². The smallest absolute Gasteiger partial charge is 0.338 e. The summed E-state index contributed by atoms with van der Waals surface area (Å²) in [7, 11) is -3.99. The van der Waals surface area contributed by atoms with Crippen LogP contribution >= 0.6 is 23.2 Å². The first-order valence-corrected chi connectivity index (χ1v) is 9.44. The van der Waals surface area contributed by atoms with Gasteiger partial charge in [0.2, 0.25) is 10.0 Å². The molecule has 0 unspecified atom stereocenters. The molecule has 0 spiro atoms. The number of carbonyl (C=O) groups is 2. The van der Waals surface area contributed by atoms with Gasteiger partial charge in [0.05, 0.1) is 26.2 Å². The van der Waals surface area contributed by atoms with Gasteiger partial charge in [-0.1, -0.05) is 35.3 Å². The van der Waals surface area contributed by atoms with E-state index in [1.807, 2.05) is 0 Å². The molecule has 0 aliphatic carbocycles. The van der Waals surface area contributed by atoms with Crippen LogP contribution in [0.15, 0.2) is 41.3 Å². The van der Waals surface area contributed by atoms with E-state index in [1.165, 1.54) is 31.2 Å². The van der Waals surface area contributed by atoms with Gasteiger partial charge < -0.3 is 10.1 Å². The molecule has 2 rings (SSSR count). The molecule has 7 nitrogen and oxygen atoms in total. The molecule has 0 fully saturated rings. The highest BCUT2D eigenvalue weighted by atomic mass is 35.5. The maximum Gasteiger partial charge on any atom is 0.338 e. The number of hydrogen-bond acceptors (Lipinski definition) is 5. The quantitative estimate of drug-likeness (QED) is 0.726. The minimum absolute atomic E-state index is 0.0526. The molecular formula is C16H14Cl2N2O5S. The molecule has 0 aliphatic heterocycles. The van der Waals surface area contributed by atoms with Gasteiger partial charge in [-0.2, -0.15) is 0 Å². The number of primary sulfonamides is 1. The summed E-state index contributed by atoms with van der Waals surface area (Å²) in [6.45, 7) is 0.925. The average Bonchev–Trinajstić information content (AvgIpc) is 2.55. The average molecular weight is 417 g/mol. The molecule has 0 aromatic heterocycles. The van der Waals surface area contributed by atoms with Crippen molar-refractivity contribution in [1.82, 2.24) is 0 Å². The first kappa shape index (κ1) is 20.2. The third kappa shape index (κ3) is 4.95. The van der Waals surface area contributed by atoms with Crippen LogP contribution in [0.5, 0.6) is 0 Å². The number of para-hydroxylation sites is 1. The number of esters is 1. The summed E-state index contributed by atoms with van der Waals surface area (Å²) in [6, 6.07) is 8.57. The number of rotatable bonds is 5. The van der Waals surface area contributed by atoms with Crippen molar-refractivity contribution in [2.45, 2.75) is 11.8 Å². The number of sulfonamides is 1.